The van der Waals surface area contributed by atoms with Crippen LogP contribution in [0.5, 0.6) is 0 Å². The molecule has 8 nitrogen and oxygen atoms in total. The monoisotopic (exact) mass is 366 g/mol. The predicted molar refractivity (Wildman–Crippen MR) is 98.0 cm³/mol. The van der Waals surface area contributed by atoms with Crippen LogP contribution in [0, 0.1) is 5.82 Å². The number of rotatable bonds is 4. The lowest BCUT2D eigenvalue weighted by Gasteiger charge is -2.09. The van der Waals surface area contributed by atoms with Crippen LogP contribution in [-0.2, 0) is 13.6 Å². The number of nitrogens with zero attached hydrogens (tertiary/aromatic N) is 4. The van der Waals surface area contributed by atoms with E-state index in [1.165, 1.54) is 16.7 Å². The molecule has 3 N–H and O–H groups in total. The number of carbonyl (C=O) groups is 1. The van der Waals surface area contributed by atoms with Crippen molar-refractivity contribution in [1.82, 2.24) is 19.2 Å². The molecule has 0 unspecified atom stereocenters. The van der Waals surface area contributed by atoms with Crippen molar-refractivity contribution in [3.63, 3.8) is 0 Å². The van der Waals surface area contributed by atoms with E-state index in [1.54, 1.807) is 29.6 Å². The zero-order valence-electron chi connectivity index (χ0n) is 14.3. The molecule has 2 aromatic heterocycles. The van der Waals surface area contributed by atoms with E-state index >= 15 is 0 Å². The quantitative estimate of drug-likeness (QED) is 0.568. The van der Waals surface area contributed by atoms with Crippen LogP contribution < -0.4 is 16.6 Å². The lowest BCUT2D eigenvalue weighted by molar-refractivity contribution is 0.0996. The summed E-state index contributed by atoms with van der Waals surface area (Å²) in [6.45, 7) is 0.235. The summed E-state index contributed by atoms with van der Waals surface area (Å²) >= 11 is 0. The lowest BCUT2D eigenvalue weighted by Crippen LogP contribution is -2.20. The van der Waals surface area contributed by atoms with E-state index in [9.17, 15) is 14.0 Å². The summed E-state index contributed by atoms with van der Waals surface area (Å²) in [5, 5.41) is 11.8. The number of hydrogen-bond donors (Lipinski definition) is 2. The minimum absolute atomic E-state index is 0.158. The number of fused-ring (bicyclic) bond motifs is 3. The molecule has 0 radical (unpaired) electrons. The molecule has 0 saturated heterocycles. The Morgan fingerprint density at radius 2 is 2.00 bits per heavy atom. The highest BCUT2D eigenvalue weighted by atomic mass is 19.1. The maximum absolute atomic E-state index is 13.9. The summed E-state index contributed by atoms with van der Waals surface area (Å²) in [7, 11) is 1.63. The van der Waals surface area contributed by atoms with Gasteiger partial charge < -0.3 is 11.1 Å². The number of amides is 1. The molecule has 27 heavy (non-hydrogen) atoms. The highest BCUT2D eigenvalue weighted by Gasteiger charge is 2.14. The van der Waals surface area contributed by atoms with E-state index < -0.39 is 11.7 Å². The van der Waals surface area contributed by atoms with E-state index in [4.69, 9.17) is 5.73 Å². The van der Waals surface area contributed by atoms with Crippen molar-refractivity contribution in [3.05, 3.63) is 70.0 Å². The van der Waals surface area contributed by atoms with Gasteiger partial charge >= 0.3 is 0 Å². The molecule has 2 aromatic carbocycles. The summed E-state index contributed by atoms with van der Waals surface area (Å²) in [5.41, 5.74) is 5.93. The number of nitrogens with two attached hydrogens (primary N) is 1. The number of halogens is 1. The molecule has 0 saturated carbocycles. The molecule has 0 fully saturated rings. The van der Waals surface area contributed by atoms with E-state index in [2.05, 4.69) is 15.5 Å². The van der Waals surface area contributed by atoms with Crippen LogP contribution in [0.2, 0.25) is 0 Å². The third kappa shape index (κ3) is 2.69. The van der Waals surface area contributed by atoms with Gasteiger partial charge in [-0.1, -0.05) is 12.1 Å². The minimum Gasteiger partial charge on any atom is -0.378 e. The Morgan fingerprint density at radius 1 is 1.22 bits per heavy atom. The molecule has 4 aromatic rings. The van der Waals surface area contributed by atoms with Gasteiger partial charge in [-0.3, -0.25) is 18.6 Å². The molecule has 0 aliphatic carbocycles. The lowest BCUT2D eigenvalue weighted by atomic mass is 10.2. The van der Waals surface area contributed by atoms with E-state index in [-0.39, 0.29) is 17.7 Å². The number of benzene rings is 2. The highest BCUT2D eigenvalue weighted by molar-refractivity contribution is 5.93. The zero-order valence-corrected chi connectivity index (χ0v) is 14.3. The van der Waals surface area contributed by atoms with E-state index in [1.807, 2.05) is 12.1 Å². The molecule has 4 rings (SSSR count). The summed E-state index contributed by atoms with van der Waals surface area (Å²) in [6, 6.07) is 11.2. The maximum Gasteiger partial charge on any atom is 0.262 e. The molecule has 0 aliphatic rings. The van der Waals surface area contributed by atoms with Crippen molar-refractivity contribution in [3.8, 4) is 0 Å². The topological polar surface area (TPSA) is 107 Å². The van der Waals surface area contributed by atoms with Crippen LogP contribution in [-0.4, -0.2) is 25.1 Å². The minimum atomic E-state index is -0.824. The third-order valence-electron chi connectivity index (χ3n) is 4.38. The van der Waals surface area contributed by atoms with Gasteiger partial charge in [0.05, 0.1) is 23.0 Å². The predicted octanol–water partition coefficient (Wildman–Crippen LogP) is 1.43. The summed E-state index contributed by atoms with van der Waals surface area (Å²) in [6.07, 6.45) is 0. The molecule has 1 amide bonds. The second kappa shape index (κ2) is 6.20. The molecule has 0 bridgehead atoms. The molecular formula is C18H15FN6O2. The number of aryl methyl sites for hydroxylation is 1. The van der Waals surface area contributed by atoms with Gasteiger partial charge in [0.25, 0.3) is 11.5 Å². The van der Waals surface area contributed by atoms with Gasteiger partial charge in [0.15, 0.2) is 5.82 Å². The number of hydrogen-bond acceptors (Lipinski definition) is 5. The Bertz CT molecular complexity index is 1260. The fourth-order valence-corrected chi connectivity index (χ4v) is 3.01. The van der Waals surface area contributed by atoms with Crippen LogP contribution in [0.15, 0.2) is 47.3 Å². The fraction of sp³-hybridized carbons (Fsp3) is 0.111. The van der Waals surface area contributed by atoms with Crippen molar-refractivity contribution in [2.24, 2.45) is 12.8 Å². The second-order valence-corrected chi connectivity index (χ2v) is 6.05. The number of primary amides is 1. The second-order valence-electron chi connectivity index (χ2n) is 6.05. The first-order valence-electron chi connectivity index (χ1n) is 8.12. The van der Waals surface area contributed by atoms with Crippen molar-refractivity contribution >= 4 is 28.3 Å². The summed E-state index contributed by atoms with van der Waals surface area (Å²) < 4.78 is 17.1. The molecule has 0 spiro atoms. The van der Waals surface area contributed by atoms with Gasteiger partial charge in [-0.15, -0.1) is 10.2 Å². The van der Waals surface area contributed by atoms with Crippen LogP contribution in [0.4, 0.5) is 10.1 Å². The van der Waals surface area contributed by atoms with Gasteiger partial charge in [-0.25, -0.2) is 4.39 Å². The summed E-state index contributed by atoms with van der Waals surface area (Å²) in [5.74, 6) is -0.566. The Hall–Kier alpha value is -3.75. The number of nitrogens with one attached hydrogen (secondary N) is 1. The number of anilines is 1. The average molecular weight is 366 g/mol. The fourth-order valence-electron chi connectivity index (χ4n) is 3.01. The van der Waals surface area contributed by atoms with Crippen molar-refractivity contribution in [1.29, 1.82) is 0 Å². The van der Waals surface area contributed by atoms with Crippen LogP contribution in [0.25, 0.3) is 16.7 Å². The van der Waals surface area contributed by atoms with E-state index in [0.717, 1.165) is 0 Å². The SMILES string of the molecule is Cn1c(=O)c2ccccc2n2c(CNc3ccc(C(N)=O)c(F)c3)nnc12. The van der Waals surface area contributed by atoms with Crippen LogP contribution >= 0.6 is 0 Å². The number of aromatic nitrogens is 4. The molecule has 9 heteroatoms. The normalized spacial score (nSPS) is 11.2. The van der Waals surface area contributed by atoms with Crippen molar-refractivity contribution < 1.29 is 9.18 Å². The van der Waals surface area contributed by atoms with Crippen molar-refractivity contribution in [2.75, 3.05) is 5.32 Å². The van der Waals surface area contributed by atoms with E-state index in [0.29, 0.717) is 28.2 Å². The Labute approximate surface area is 152 Å². The smallest absolute Gasteiger partial charge is 0.262 e. The number of carbonyl (C=O) groups excluding carboxylic acids is 1. The maximum atomic E-state index is 13.9. The van der Waals surface area contributed by atoms with Crippen LogP contribution in [0.1, 0.15) is 16.2 Å². The number of para-hydroxylation sites is 1. The molecular weight excluding hydrogens is 351 g/mol. The third-order valence-corrected chi connectivity index (χ3v) is 4.38. The first-order chi connectivity index (χ1) is 13.0. The first-order valence-corrected chi connectivity index (χ1v) is 8.12. The average Bonchev–Trinajstić information content (AvgIpc) is 3.08. The first kappa shape index (κ1) is 16.7. The van der Waals surface area contributed by atoms with Gasteiger partial charge in [-0.05, 0) is 30.3 Å². The molecule has 136 valence electrons. The standard InChI is InChI=1S/C18H15FN6O2/c1-24-17(27)12-4-2-3-5-14(12)25-15(22-23-18(24)25)9-21-10-6-7-11(16(20)26)13(19)8-10/h2-8,21H,9H2,1H3,(H2,20,26). The van der Waals surface area contributed by atoms with Gasteiger partial charge in [0, 0.05) is 12.7 Å². The highest BCUT2D eigenvalue weighted by Crippen LogP contribution is 2.17. The Morgan fingerprint density at radius 3 is 2.74 bits per heavy atom. The molecule has 0 atom stereocenters. The van der Waals surface area contributed by atoms with Gasteiger partial charge in [0.2, 0.25) is 5.78 Å². The van der Waals surface area contributed by atoms with Gasteiger partial charge in [-0.2, -0.15) is 0 Å². The molecule has 2 heterocycles. The summed E-state index contributed by atoms with van der Waals surface area (Å²) in [4.78, 5) is 23.6. The molecule has 0 aliphatic heterocycles. The van der Waals surface area contributed by atoms with Gasteiger partial charge in [0.1, 0.15) is 5.82 Å². The zero-order chi connectivity index (χ0) is 19.1. The Kier molecular flexibility index (Phi) is 3.84. The van der Waals surface area contributed by atoms with Crippen LogP contribution in [0.3, 0.4) is 0 Å². The largest absolute Gasteiger partial charge is 0.378 e. The Balaban J connectivity index is 1.74. The van der Waals surface area contributed by atoms with Crippen molar-refractivity contribution in [2.45, 2.75) is 6.54 Å².